The van der Waals surface area contributed by atoms with E-state index in [2.05, 4.69) is 32.3 Å². The van der Waals surface area contributed by atoms with Crippen LogP contribution in [-0.2, 0) is 6.18 Å². The first kappa shape index (κ1) is 17.3. The Bertz CT molecular complexity index is 789. The van der Waals surface area contributed by atoms with Gasteiger partial charge in [0.1, 0.15) is 11.4 Å². The number of rotatable bonds is 5. The van der Waals surface area contributed by atoms with Crippen LogP contribution in [0.25, 0.3) is 0 Å². The first-order valence-electron chi connectivity index (χ1n) is 6.77. The summed E-state index contributed by atoms with van der Waals surface area (Å²) < 4.78 is 39.9. The van der Waals surface area contributed by atoms with Crippen molar-refractivity contribution >= 4 is 17.5 Å². The number of alkyl halides is 3. The molecule has 0 unspecified atom stereocenters. The molecule has 0 saturated heterocycles. The van der Waals surface area contributed by atoms with Crippen LogP contribution < -0.4 is 10.6 Å². The van der Waals surface area contributed by atoms with E-state index in [-0.39, 0.29) is 11.8 Å². The van der Waals surface area contributed by atoms with Gasteiger partial charge in [-0.05, 0) is 6.92 Å². The molecule has 2 aromatic heterocycles. The number of halogens is 3. The monoisotopic (exact) mass is 337 g/mol. The molecule has 0 bridgehead atoms. The third-order valence-electron chi connectivity index (χ3n) is 3.13. The summed E-state index contributed by atoms with van der Waals surface area (Å²) >= 11 is 0. The van der Waals surface area contributed by atoms with Crippen molar-refractivity contribution in [3.05, 3.63) is 36.3 Å². The molecular weight excluding hydrogens is 323 g/mol. The molecule has 0 aliphatic rings. The lowest BCUT2D eigenvalue weighted by molar-refractivity contribution is -0.137. The minimum Gasteiger partial charge on any atom is -0.372 e. The molecule has 2 rings (SSSR count). The molecule has 2 aromatic rings. The molecule has 24 heavy (non-hydrogen) atoms. The summed E-state index contributed by atoms with van der Waals surface area (Å²) in [6.45, 7) is 5.22. The predicted molar refractivity (Wildman–Crippen MR) is 81.7 cm³/mol. The van der Waals surface area contributed by atoms with Gasteiger partial charge in [0.05, 0.1) is 23.6 Å². The minimum atomic E-state index is -4.55. The molecule has 0 aromatic carbocycles. The van der Waals surface area contributed by atoms with Crippen molar-refractivity contribution in [1.29, 1.82) is 5.26 Å². The fourth-order valence-corrected chi connectivity index (χ4v) is 1.93. The average Bonchev–Trinajstić information content (AvgIpc) is 2.88. The second-order valence-electron chi connectivity index (χ2n) is 4.75. The zero-order valence-corrected chi connectivity index (χ0v) is 12.9. The number of nitrogens with zero attached hydrogens (tertiary/aromatic N) is 5. The summed E-state index contributed by atoms with van der Waals surface area (Å²) in [7, 11) is 1.34. The van der Waals surface area contributed by atoms with E-state index < -0.39 is 17.8 Å². The molecule has 126 valence electrons. The Morgan fingerprint density at radius 3 is 2.71 bits per heavy atom. The zero-order chi connectivity index (χ0) is 17.9. The Labute approximate surface area is 135 Å². The van der Waals surface area contributed by atoms with Crippen LogP contribution in [0.1, 0.15) is 17.3 Å². The highest BCUT2D eigenvalue weighted by atomic mass is 19.4. The molecule has 2 N–H and O–H groups in total. The number of allylic oxidation sites excluding steroid dienone is 1. The van der Waals surface area contributed by atoms with Crippen molar-refractivity contribution in [2.75, 3.05) is 17.7 Å². The predicted octanol–water partition coefficient (Wildman–Crippen LogP) is 3.04. The highest BCUT2D eigenvalue weighted by Crippen LogP contribution is 2.33. The lowest BCUT2D eigenvalue weighted by Crippen LogP contribution is -2.12. The fraction of sp³-hybridized carbons (Fsp3) is 0.286. The van der Waals surface area contributed by atoms with Gasteiger partial charge in [0.15, 0.2) is 6.04 Å². The molecule has 0 fully saturated rings. The van der Waals surface area contributed by atoms with E-state index in [4.69, 9.17) is 5.26 Å². The van der Waals surface area contributed by atoms with Crippen LogP contribution in [0.4, 0.5) is 30.6 Å². The smallest absolute Gasteiger partial charge is 0.372 e. The topological polar surface area (TPSA) is 91.5 Å². The number of nitriles is 1. The largest absolute Gasteiger partial charge is 0.421 e. The third kappa shape index (κ3) is 3.45. The van der Waals surface area contributed by atoms with Crippen LogP contribution in [-0.4, -0.2) is 26.8 Å². The number of anilines is 3. The first-order valence-corrected chi connectivity index (χ1v) is 6.77. The Kier molecular flexibility index (Phi) is 4.73. The highest BCUT2D eigenvalue weighted by molar-refractivity contribution is 5.58. The molecule has 10 heteroatoms. The van der Waals surface area contributed by atoms with Gasteiger partial charge in [-0.15, -0.1) is 0 Å². The summed E-state index contributed by atoms with van der Waals surface area (Å²) in [4.78, 5) is 7.49. The van der Waals surface area contributed by atoms with Crippen LogP contribution >= 0.6 is 0 Å². The van der Waals surface area contributed by atoms with Gasteiger partial charge in [-0.3, -0.25) is 0 Å². The van der Waals surface area contributed by atoms with Crippen LogP contribution in [0.2, 0.25) is 0 Å². The van der Waals surface area contributed by atoms with E-state index in [1.165, 1.54) is 24.0 Å². The van der Waals surface area contributed by atoms with Crippen molar-refractivity contribution in [1.82, 2.24) is 19.7 Å². The van der Waals surface area contributed by atoms with Crippen molar-refractivity contribution in [2.45, 2.75) is 19.1 Å². The van der Waals surface area contributed by atoms with Gasteiger partial charge >= 0.3 is 6.18 Å². The number of aryl methyl sites for hydroxylation is 1. The van der Waals surface area contributed by atoms with Crippen molar-refractivity contribution in [3.63, 3.8) is 0 Å². The molecule has 7 nitrogen and oxygen atoms in total. The third-order valence-corrected chi connectivity index (χ3v) is 3.13. The second kappa shape index (κ2) is 6.57. The molecule has 0 saturated carbocycles. The molecule has 1 atom stereocenters. The van der Waals surface area contributed by atoms with Crippen LogP contribution in [0.5, 0.6) is 0 Å². The van der Waals surface area contributed by atoms with Gasteiger partial charge in [-0.1, -0.05) is 12.7 Å². The number of hydrogen-bond donors (Lipinski definition) is 2. The summed E-state index contributed by atoms with van der Waals surface area (Å²) in [5.74, 6) is -0.367. The minimum absolute atomic E-state index is 0.0258. The van der Waals surface area contributed by atoms with Crippen LogP contribution in [0.15, 0.2) is 25.0 Å². The quantitative estimate of drug-likeness (QED) is 0.815. The maximum atomic E-state index is 12.8. The summed E-state index contributed by atoms with van der Waals surface area (Å²) in [5, 5.41) is 18.3. The van der Waals surface area contributed by atoms with E-state index >= 15 is 0 Å². The first-order chi connectivity index (χ1) is 11.3. The van der Waals surface area contributed by atoms with E-state index in [0.29, 0.717) is 17.6 Å². The molecular formula is C14H14F3N7. The van der Waals surface area contributed by atoms with Gasteiger partial charge in [-0.2, -0.15) is 28.5 Å². The van der Waals surface area contributed by atoms with E-state index in [1.54, 1.807) is 6.92 Å². The summed E-state index contributed by atoms with van der Waals surface area (Å²) in [6.07, 6.45) is -0.903. The van der Waals surface area contributed by atoms with Crippen LogP contribution in [0.3, 0.4) is 0 Å². The number of nitrogens with one attached hydrogen (secondary N) is 2. The SMILES string of the molecule is C=C[C@H](C#N)n1cc(Nc2ncc(C(F)(F)F)c(NC)n2)c(C)n1. The van der Waals surface area contributed by atoms with Gasteiger partial charge in [-0.25, -0.2) is 9.67 Å². The molecule has 0 radical (unpaired) electrons. The molecule has 2 heterocycles. The molecule has 0 aliphatic carbocycles. The Balaban J connectivity index is 2.32. The molecule has 0 amide bonds. The summed E-state index contributed by atoms with van der Waals surface area (Å²) in [6, 6.07) is 1.35. The van der Waals surface area contributed by atoms with Crippen LogP contribution in [0, 0.1) is 18.3 Å². The Morgan fingerprint density at radius 2 is 2.17 bits per heavy atom. The van der Waals surface area contributed by atoms with Crippen molar-refractivity contribution in [3.8, 4) is 6.07 Å². The Morgan fingerprint density at radius 1 is 1.46 bits per heavy atom. The standard InChI is InChI=1S/C14H14F3N7/c1-4-9(5-18)24-7-11(8(2)23-24)21-13-20-6-10(14(15,16)17)12(19-3)22-13/h4,6-7,9H,1H2,2-3H3,(H2,19,20,21,22)/t9-/m1/s1. The molecule has 0 aliphatic heterocycles. The highest BCUT2D eigenvalue weighted by Gasteiger charge is 2.35. The Hall–Kier alpha value is -3.09. The number of aromatic nitrogens is 4. The maximum absolute atomic E-state index is 12.8. The average molecular weight is 337 g/mol. The molecule has 0 spiro atoms. The van der Waals surface area contributed by atoms with E-state index in [0.717, 1.165) is 0 Å². The normalized spacial score (nSPS) is 12.3. The second-order valence-corrected chi connectivity index (χ2v) is 4.75. The van der Waals surface area contributed by atoms with Crippen molar-refractivity contribution < 1.29 is 13.2 Å². The maximum Gasteiger partial charge on any atom is 0.421 e. The lowest BCUT2D eigenvalue weighted by atomic mass is 10.3. The zero-order valence-electron chi connectivity index (χ0n) is 12.9. The van der Waals surface area contributed by atoms with Gasteiger partial charge in [0, 0.05) is 13.2 Å². The lowest BCUT2D eigenvalue weighted by Gasteiger charge is -2.12. The van der Waals surface area contributed by atoms with E-state index in [1.807, 2.05) is 6.07 Å². The van der Waals surface area contributed by atoms with Gasteiger partial charge < -0.3 is 10.6 Å². The number of hydrogen-bond acceptors (Lipinski definition) is 6. The van der Waals surface area contributed by atoms with E-state index in [9.17, 15) is 13.2 Å². The van der Waals surface area contributed by atoms with Crippen molar-refractivity contribution in [2.24, 2.45) is 0 Å². The van der Waals surface area contributed by atoms with Gasteiger partial charge in [0.2, 0.25) is 5.95 Å². The van der Waals surface area contributed by atoms with Gasteiger partial charge in [0.25, 0.3) is 0 Å². The summed E-state index contributed by atoms with van der Waals surface area (Å²) in [5.41, 5.74) is 0.0460. The fourth-order valence-electron chi connectivity index (χ4n) is 1.93.